The first-order valence-corrected chi connectivity index (χ1v) is 23.8. The van der Waals surface area contributed by atoms with E-state index in [0.717, 1.165) is 44.1 Å². The summed E-state index contributed by atoms with van der Waals surface area (Å²) in [6, 6.07) is 0. The SMILES string of the molecule is CC(C)=CCCC(C)(OC1OC(COC2OCC(O)C(O)C2O)C(O)C(O)C1O)C1CCC2(C)C1CCC1C3(C)CC(O)C(OC4OC(CO)C(O)C(O)C4O)C(C)(C)C3CCC12C. The summed E-state index contributed by atoms with van der Waals surface area (Å²) in [6.07, 6.45) is -12.5. The molecule has 4 aliphatic carbocycles. The number of ether oxygens (including phenoxy) is 6. The van der Waals surface area contributed by atoms with E-state index in [4.69, 9.17) is 28.4 Å². The van der Waals surface area contributed by atoms with E-state index in [1.54, 1.807) is 0 Å². The summed E-state index contributed by atoms with van der Waals surface area (Å²) in [5, 5.41) is 118. The van der Waals surface area contributed by atoms with Crippen molar-refractivity contribution < 1.29 is 84.6 Å². The van der Waals surface area contributed by atoms with E-state index < -0.39 is 116 Å². The van der Waals surface area contributed by atoms with Gasteiger partial charge in [0.15, 0.2) is 18.9 Å². The number of aliphatic hydroxyl groups excluding tert-OH is 11. The van der Waals surface area contributed by atoms with Crippen molar-refractivity contribution in [2.75, 3.05) is 19.8 Å². The van der Waals surface area contributed by atoms with Crippen LogP contribution in [0.15, 0.2) is 11.6 Å². The van der Waals surface area contributed by atoms with E-state index in [2.05, 4.69) is 47.6 Å². The van der Waals surface area contributed by atoms with Crippen molar-refractivity contribution in [3.63, 3.8) is 0 Å². The van der Waals surface area contributed by atoms with Gasteiger partial charge in [0.25, 0.3) is 0 Å². The summed E-state index contributed by atoms with van der Waals surface area (Å²) >= 11 is 0. The van der Waals surface area contributed by atoms with E-state index >= 15 is 0 Å². The Morgan fingerprint density at radius 3 is 1.94 bits per heavy atom. The van der Waals surface area contributed by atoms with Gasteiger partial charge in [0, 0.05) is 0 Å². The van der Waals surface area contributed by atoms with Gasteiger partial charge in [-0.15, -0.1) is 0 Å². The van der Waals surface area contributed by atoms with Crippen LogP contribution in [0.2, 0.25) is 0 Å². The predicted octanol–water partition coefficient (Wildman–Crippen LogP) is 0.612. The van der Waals surface area contributed by atoms with Gasteiger partial charge in [-0.05, 0) is 124 Å². The van der Waals surface area contributed by atoms with Gasteiger partial charge < -0.3 is 84.6 Å². The average molecular weight is 917 g/mol. The van der Waals surface area contributed by atoms with Crippen molar-refractivity contribution in [2.45, 2.75) is 217 Å². The molecule has 64 heavy (non-hydrogen) atoms. The largest absolute Gasteiger partial charge is 0.394 e. The normalized spacial score (nSPS) is 52.5. The number of hydrogen-bond acceptors (Lipinski definition) is 17. The van der Waals surface area contributed by atoms with Crippen molar-refractivity contribution in [3.05, 3.63) is 11.6 Å². The van der Waals surface area contributed by atoms with Crippen LogP contribution in [0, 0.1) is 45.3 Å². The third kappa shape index (κ3) is 8.60. The van der Waals surface area contributed by atoms with Crippen molar-refractivity contribution >= 4 is 0 Å². The van der Waals surface area contributed by atoms with Gasteiger partial charge in [-0.1, -0.05) is 46.3 Å². The molecule has 17 heteroatoms. The first-order valence-electron chi connectivity index (χ1n) is 23.8. The zero-order valence-corrected chi connectivity index (χ0v) is 39.0. The molecule has 7 rings (SSSR count). The summed E-state index contributed by atoms with van der Waals surface area (Å²) < 4.78 is 36.4. The van der Waals surface area contributed by atoms with Gasteiger partial charge in [-0.2, -0.15) is 0 Å². The van der Waals surface area contributed by atoms with Crippen LogP contribution in [0.1, 0.15) is 113 Å². The van der Waals surface area contributed by atoms with E-state index in [1.165, 1.54) is 0 Å². The zero-order chi connectivity index (χ0) is 47.1. The Kier molecular flexibility index (Phi) is 14.9. The van der Waals surface area contributed by atoms with Crippen LogP contribution >= 0.6 is 0 Å². The molecule has 24 unspecified atom stereocenters. The van der Waals surface area contributed by atoms with Crippen LogP contribution < -0.4 is 0 Å². The summed E-state index contributed by atoms with van der Waals surface area (Å²) in [7, 11) is 0. The highest BCUT2D eigenvalue weighted by atomic mass is 16.7. The van der Waals surface area contributed by atoms with Crippen molar-refractivity contribution in [3.8, 4) is 0 Å². The van der Waals surface area contributed by atoms with E-state index in [1.807, 2.05) is 13.8 Å². The summed E-state index contributed by atoms with van der Waals surface area (Å²) in [4.78, 5) is 0. The lowest BCUT2D eigenvalue weighted by Gasteiger charge is -2.70. The topological polar surface area (TPSA) is 278 Å². The van der Waals surface area contributed by atoms with E-state index in [0.29, 0.717) is 19.3 Å². The molecule has 0 aromatic heterocycles. The molecule has 3 saturated heterocycles. The Morgan fingerprint density at radius 1 is 0.672 bits per heavy atom. The Bertz CT molecular complexity index is 1630. The number of fused-ring (bicyclic) bond motifs is 5. The minimum absolute atomic E-state index is 0.0317. The first-order chi connectivity index (χ1) is 29.9. The first kappa shape index (κ1) is 50.9. The highest BCUT2D eigenvalue weighted by Crippen LogP contribution is 2.76. The third-order valence-corrected chi connectivity index (χ3v) is 18.3. The van der Waals surface area contributed by atoms with Crippen LogP contribution in [-0.4, -0.2) is 180 Å². The lowest BCUT2D eigenvalue weighted by atomic mass is 9.35. The molecule has 7 fully saturated rings. The Hall–Kier alpha value is -0.940. The maximum Gasteiger partial charge on any atom is 0.187 e. The van der Waals surface area contributed by atoms with Gasteiger partial charge in [-0.3, -0.25) is 0 Å². The lowest BCUT2D eigenvalue weighted by Crippen LogP contribution is -2.68. The summed E-state index contributed by atoms with van der Waals surface area (Å²) in [5.74, 6) is 0.621. The van der Waals surface area contributed by atoms with Gasteiger partial charge >= 0.3 is 0 Å². The minimum atomic E-state index is -1.64. The maximum absolute atomic E-state index is 12.1. The van der Waals surface area contributed by atoms with Gasteiger partial charge in [0.2, 0.25) is 0 Å². The number of allylic oxidation sites excluding steroid dienone is 2. The third-order valence-electron chi connectivity index (χ3n) is 18.3. The molecule has 0 amide bonds. The van der Waals surface area contributed by atoms with Gasteiger partial charge in [0.1, 0.15) is 67.1 Å². The Balaban J connectivity index is 1.10. The molecule has 0 spiro atoms. The van der Waals surface area contributed by atoms with Crippen LogP contribution in [-0.2, 0) is 28.4 Å². The van der Waals surface area contributed by atoms with E-state index in [-0.39, 0.29) is 53.1 Å². The van der Waals surface area contributed by atoms with Crippen molar-refractivity contribution in [1.29, 1.82) is 0 Å². The number of hydrogen-bond donors (Lipinski definition) is 11. The fourth-order valence-corrected chi connectivity index (χ4v) is 14.7. The van der Waals surface area contributed by atoms with Crippen molar-refractivity contribution in [1.82, 2.24) is 0 Å². The maximum atomic E-state index is 12.1. The predicted molar refractivity (Wildman–Crippen MR) is 228 cm³/mol. The molecular formula is C47H80O17. The van der Waals surface area contributed by atoms with Gasteiger partial charge in [-0.25, -0.2) is 0 Å². The summed E-state index contributed by atoms with van der Waals surface area (Å²) in [6.45, 7) is 16.3. The molecule has 3 heterocycles. The van der Waals surface area contributed by atoms with Crippen molar-refractivity contribution in [2.24, 2.45) is 45.3 Å². The van der Waals surface area contributed by atoms with E-state index in [9.17, 15) is 56.2 Å². The fraction of sp³-hybridized carbons (Fsp3) is 0.957. The van der Waals surface area contributed by atoms with Crippen LogP contribution in [0.3, 0.4) is 0 Å². The molecule has 0 aromatic rings. The quantitative estimate of drug-likeness (QED) is 0.0946. The molecule has 370 valence electrons. The second kappa shape index (κ2) is 18.8. The van der Waals surface area contributed by atoms with Crippen LogP contribution in [0.5, 0.6) is 0 Å². The molecule has 11 N–H and O–H groups in total. The molecular weight excluding hydrogens is 836 g/mol. The fourth-order valence-electron chi connectivity index (χ4n) is 14.7. The molecule has 0 radical (unpaired) electrons. The zero-order valence-electron chi connectivity index (χ0n) is 39.0. The number of aliphatic hydroxyl groups is 11. The standard InChI is InChI=1S/C47H80O17/c1-22(2)10-9-15-47(8,64-42-38(58)35(55)33(53)28(62-42)21-60-40-36(56)31(51)26(50)20-59-40)24-13-16-45(6)23(24)11-12-30-44(5)18-25(49)39(43(3,4)29(44)14-17-46(30,45)7)63-41-37(57)34(54)32(52)27(19-48)61-41/h10,23-42,48-58H,9,11-21H2,1-8H3. The second-order valence-corrected chi connectivity index (χ2v) is 22.5. The molecule has 7 aliphatic rings. The monoisotopic (exact) mass is 917 g/mol. The minimum Gasteiger partial charge on any atom is -0.394 e. The Morgan fingerprint density at radius 2 is 1.28 bits per heavy atom. The molecule has 0 bridgehead atoms. The highest BCUT2D eigenvalue weighted by molar-refractivity contribution is 5.20. The highest BCUT2D eigenvalue weighted by Gasteiger charge is 2.71. The molecule has 0 aromatic carbocycles. The number of rotatable bonds is 12. The lowest BCUT2D eigenvalue weighted by molar-refractivity contribution is -0.346. The molecule has 24 atom stereocenters. The Labute approximate surface area is 377 Å². The molecule has 4 saturated carbocycles. The smallest absolute Gasteiger partial charge is 0.187 e. The van der Waals surface area contributed by atoms with Crippen LogP contribution in [0.25, 0.3) is 0 Å². The van der Waals surface area contributed by atoms with Crippen LogP contribution in [0.4, 0.5) is 0 Å². The van der Waals surface area contributed by atoms with Gasteiger partial charge in [0.05, 0.1) is 37.6 Å². The molecule has 17 nitrogen and oxygen atoms in total. The molecule has 3 aliphatic heterocycles. The second-order valence-electron chi connectivity index (χ2n) is 22.5. The average Bonchev–Trinajstić information content (AvgIpc) is 3.60. The summed E-state index contributed by atoms with van der Waals surface area (Å²) in [5.41, 5.74) is -0.829.